The van der Waals surface area contributed by atoms with Crippen LogP contribution in [-0.2, 0) is 35.7 Å². The van der Waals surface area contributed by atoms with Crippen LogP contribution in [0.25, 0.3) is 22.0 Å². The number of rotatable bonds is 8. The van der Waals surface area contributed by atoms with E-state index >= 15 is 0 Å². The van der Waals surface area contributed by atoms with Crippen LogP contribution in [0.15, 0.2) is 47.5 Å². The molecule has 274 valence electrons. The number of fused-ring (bicyclic) bond motifs is 2. The van der Waals surface area contributed by atoms with Crippen LogP contribution in [0.2, 0.25) is 0 Å². The lowest BCUT2D eigenvalue weighted by Crippen LogP contribution is -2.52. The van der Waals surface area contributed by atoms with Crippen LogP contribution in [0.3, 0.4) is 0 Å². The van der Waals surface area contributed by atoms with Gasteiger partial charge in [-0.05, 0) is 66.0 Å². The topological polar surface area (TPSA) is 189 Å². The Balaban J connectivity index is 1.13. The molecule has 2 fully saturated rings. The molecule has 4 N–H and O–H groups in total. The predicted molar refractivity (Wildman–Crippen MR) is 188 cm³/mol. The molecule has 2 aromatic carbocycles. The molecule has 3 aliphatic heterocycles. The number of methoxy groups -OCH3 is 2. The largest absolute Gasteiger partial charge is 0.496 e. The number of aryl methyl sites for hydroxylation is 1. The first-order valence-electron chi connectivity index (χ1n) is 17.2. The average Bonchev–Trinajstić information content (AvgIpc) is 3.65. The predicted octanol–water partition coefficient (Wildman–Crippen LogP) is 1.68. The number of aromatic nitrogens is 3. The summed E-state index contributed by atoms with van der Waals surface area (Å²) in [5, 5.41) is 36.7. The lowest BCUT2D eigenvalue weighted by molar-refractivity contribution is -0.376. The van der Waals surface area contributed by atoms with Gasteiger partial charge in [-0.2, -0.15) is 5.10 Å². The van der Waals surface area contributed by atoms with Crippen molar-refractivity contribution in [1.29, 1.82) is 0 Å². The molecule has 0 aliphatic carbocycles. The number of carbonyl (C=O) groups is 3. The lowest BCUT2D eigenvalue weighted by atomic mass is 9.75. The number of nitrogens with zero attached hydrogens (tertiary/aromatic N) is 5. The Kier molecular flexibility index (Phi) is 8.83. The number of anilines is 1. The summed E-state index contributed by atoms with van der Waals surface area (Å²) >= 11 is 0. The Labute approximate surface area is 299 Å². The Hall–Kier alpha value is -5.25. The second-order valence-corrected chi connectivity index (χ2v) is 14.2. The maximum Gasteiger partial charge on any atom is 0.376 e. The van der Waals surface area contributed by atoms with Gasteiger partial charge in [0.25, 0.3) is 11.5 Å². The van der Waals surface area contributed by atoms with Crippen molar-refractivity contribution in [2.45, 2.75) is 51.8 Å². The molecule has 4 aromatic rings. The summed E-state index contributed by atoms with van der Waals surface area (Å²) in [5.74, 6) is 0.824. The normalized spacial score (nSPS) is 21.2. The molecule has 2 saturated heterocycles. The summed E-state index contributed by atoms with van der Waals surface area (Å²) in [4.78, 5) is 54.5. The van der Waals surface area contributed by atoms with Crippen LogP contribution in [0.5, 0.6) is 11.5 Å². The van der Waals surface area contributed by atoms with E-state index in [2.05, 4.69) is 29.2 Å². The molecule has 5 heterocycles. The van der Waals surface area contributed by atoms with Crippen LogP contribution in [-0.4, -0.2) is 85.6 Å². The van der Waals surface area contributed by atoms with Gasteiger partial charge in [0.05, 0.1) is 19.6 Å². The smallest absolute Gasteiger partial charge is 0.376 e. The van der Waals surface area contributed by atoms with Gasteiger partial charge >= 0.3 is 6.10 Å². The Morgan fingerprint density at radius 2 is 1.62 bits per heavy atom. The molecule has 0 spiro atoms. The van der Waals surface area contributed by atoms with Gasteiger partial charge in [-0.1, -0.05) is 19.9 Å². The third kappa shape index (κ3) is 6.07. The van der Waals surface area contributed by atoms with Gasteiger partial charge in [-0.25, -0.2) is 4.57 Å². The quantitative estimate of drug-likeness (QED) is 0.154. The third-order valence-corrected chi connectivity index (χ3v) is 10.8. The maximum atomic E-state index is 13.5. The van der Waals surface area contributed by atoms with E-state index in [9.17, 15) is 34.5 Å². The first kappa shape index (κ1) is 35.2. The molecule has 1 unspecified atom stereocenters. The minimum Gasteiger partial charge on any atom is -0.496 e. The molecule has 2 aromatic heterocycles. The Morgan fingerprint density at radius 3 is 2.23 bits per heavy atom. The highest BCUT2D eigenvalue weighted by Crippen LogP contribution is 2.42. The minimum absolute atomic E-state index is 0.0809. The molecule has 0 saturated carbocycles. The van der Waals surface area contributed by atoms with Crippen LogP contribution >= 0.6 is 0 Å². The van der Waals surface area contributed by atoms with Crippen molar-refractivity contribution in [2.24, 2.45) is 24.8 Å². The first-order valence-corrected chi connectivity index (χ1v) is 17.2. The van der Waals surface area contributed by atoms with Gasteiger partial charge in [0.15, 0.2) is 0 Å². The molecular formula is C37H42N6O9. The molecule has 52 heavy (non-hydrogen) atoms. The molecule has 0 radical (unpaired) electrons. The zero-order valence-corrected chi connectivity index (χ0v) is 29.6. The maximum absolute atomic E-state index is 13.5. The Morgan fingerprint density at radius 1 is 0.942 bits per heavy atom. The summed E-state index contributed by atoms with van der Waals surface area (Å²) in [7, 11) is 4.76. The third-order valence-electron chi connectivity index (χ3n) is 10.8. The molecular weight excluding hydrogens is 672 g/mol. The van der Waals surface area contributed by atoms with Gasteiger partial charge in [-0.15, -0.1) is 0 Å². The van der Waals surface area contributed by atoms with E-state index < -0.39 is 23.6 Å². The van der Waals surface area contributed by atoms with Gasteiger partial charge < -0.3 is 34.6 Å². The van der Waals surface area contributed by atoms with E-state index in [1.54, 1.807) is 38.3 Å². The molecule has 3 amide bonds. The highest BCUT2D eigenvalue weighted by atomic mass is 16.7. The van der Waals surface area contributed by atoms with Crippen molar-refractivity contribution in [2.75, 3.05) is 32.2 Å². The van der Waals surface area contributed by atoms with E-state index in [-0.39, 0.29) is 41.4 Å². The number of carbonyl (C=O) groups excluding carboxylic acids is 3. The number of piperidine rings is 2. The van der Waals surface area contributed by atoms with Crippen molar-refractivity contribution in [3.05, 3.63) is 69.8 Å². The second kappa shape index (κ2) is 13.1. The highest BCUT2D eigenvalue weighted by molar-refractivity contribution is 6.05. The molecule has 15 heteroatoms. The lowest BCUT2D eigenvalue weighted by Gasteiger charge is -2.43. The summed E-state index contributed by atoms with van der Waals surface area (Å²) < 4.78 is 13.7. The van der Waals surface area contributed by atoms with Crippen molar-refractivity contribution in [3.8, 4) is 22.6 Å². The zero-order valence-electron chi connectivity index (χ0n) is 29.6. The molecule has 3 atom stereocenters. The number of ether oxygens (including phenoxy) is 2. The van der Waals surface area contributed by atoms with Crippen molar-refractivity contribution < 1.29 is 39.2 Å². The van der Waals surface area contributed by atoms with E-state index in [1.165, 1.54) is 10.9 Å². The minimum atomic E-state index is -3.43. The van der Waals surface area contributed by atoms with E-state index in [4.69, 9.17) is 9.47 Å². The number of hydrogen-bond acceptors (Lipinski definition) is 11. The molecule has 3 aliphatic rings. The van der Waals surface area contributed by atoms with E-state index in [1.807, 2.05) is 18.2 Å². The standard InChI is InChI=1S/C37H42N6O9/c1-19-14-41(23-7-6-21-16-42(35(46)25(21)12-23)29-8-9-32(44)38-34(29)45)15-20(2)24(19)13-26-30(51-4)10-22(11-31(26)52-5)27-18-43(37(48,49)50)36(47)28-17-40(3)39-33(27)28/h6-7,10-12,17-20,24,29,48-50H,8-9,13-16H2,1-5H3,(H,38,44,45)/t19-,20-,29?/m1/s1. The number of benzene rings is 2. The number of pyridine rings is 1. The molecule has 0 bridgehead atoms. The highest BCUT2D eigenvalue weighted by Gasteiger charge is 2.40. The number of hydrogen-bond donors (Lipinski definition) is 4. The van der Waals surface area contributed by atoms with Crippen LogP contribution in [0, 0.1) is 17.8 Å². The summed E-state index contributed by atoms with van der Waals surface area (Å²) in [6.07, 6.45) is 0.315. The van der Waals surface area contributed by atoms with Crippen molar-refractivity contribution in [3.63, 3.8) is 0 Å². The second-order valence-electron chi connectivity index (χ2n) is 14.2. The Bertz CT molecular complexity index is 2130. The number of nitrogens with one attached hydrogen (secondary N) is 1. The van der Waals surface area contributed by atoms with Gasteiger partial charge in [-0.3, -0.25) is 29.2 Å². The number of aliphatic hydroxyl groups is 3. The summed E-state index contributed by atoms with van der Waals surface area (Å²) in [6.45, 7) is 6.23. The summed E-state index contributed by atoms with van der Waals surface area (Å²) in [5.41, 5.74) is 3.59. The van der Waals surface area contributed by atoms with Crippen molar-refractivity contribution in [1.82, 2.24) is 24.6 Å². The van der Waals surface area contributed by atoms with Gasteiger partial charge in [0, 0.05) is 67.9 Å². The summed E-state index contributed by atoms with van der Waals surface area (Å²) in [6, 6.07) is 8.82. The molecule has 7 rings (SSSR count). The monoisotopic (exact) mass is 714 g/mol. The van der Waals surface area contributed by atoms with Gasteiger partial charge in [0.1, 0.15) is 23.1 Å². The zero-order chi connectivity index (χ0) is 37.2. The van der Waals surface area contributed by atoms with E-state index in [0.29, 0.717) is 57.7 Å². The van der Waals surface area contributed by atoms with E-state index in [0.717, 1.165) is 36.1 Å². The van der Waals surface area contributed by atoms with Gasteiger partial charge in [0.2, 0.25) is 11.8 Å². The fraction of sp³-hybridized carbons (Fsp3) is 0.432. The average molecular weight is 715 g/mol. The fourth-order valence-electron chi connectivity index (χ4n) is 8.19. The SMILES string of the molecule is COc1cc(-c2cn(C(O)(O)O)c(=O)c3cn(C)nc23)cc(OC)c1CC1[C@H](C)CN(c2ccc3c(c2)C(=O)N(C2CCC(=O)NC2=O)C3)C[C@H]1C. The first-order chi connectivity index (χ1) is 24.7. The van der Waals surface area contributed by atoms with Crippen LogP contribution in [0.1, 0.15) is 48.2 Å². The van der Waals surface area contributed by atoms with Crippen LogP contribution < -0.4 is 25.2 Å². The van der Waals surface area contributed by atoms with Crippen LogP contribution in [0.4, 0.5) is 5.69 Å². The fourth-order valence-corrected chi connectivity index (χ4v) is 8.19. The number of amides is 3. The number of imide groups is 1. The van der Waals surface area contributed by atoms with Crippen molar-refractivity contribution >= 4 is 34.3 Å². The molecule has 15 nitrogen and oxygen atoms in total.